The van der Waals surface area contributed by atoms with Crippen LogP contribution in [0.25, 0.3) is 0 Å². The molecule has 1 aromatic heterocycles. The minimum absolute atomic E-state index is 0.0189. The van der Waals surface area contributed by atoms with Crippen LogP contribution in [0.1, 0.15) is 0 Å². The maximum atomic E-state index is 12.4. The summed E-state index contributed by atoms with van der Waals surface area (Å²) in [5.74, 6) is 0.242. The van der Waals surface area contributed by atoms with Crippen molar-refractivity contribution in [1.29, 1.82) is 0 Å². The Morgan fingerprint density at radius 1 is 1.29 bits per heavy atom. The number of benzene rings is 1. The van der Waals surface area contributed by atoms with Crippen molar-refractivity contribution in [1.82, 2.24) is 4.98 Å². The number of aromatic nitrogens is 1. The van der Waals surface area contributed by atoms with Crippen molar-refractivity contribution in [3.8, 4) is 5.75 Å². The van der Waals surface area contributed by atoms with Gasteiger partial charge in [-0.05, 0) is 40.2 Å². The van der Waals surface area contributed by atoms with E-state index in [0.717, 1.165) is 0 Å². The molecule has 0 amide bonds. The summed E-state index contributed by atoms with van der Waals surface area (Å²) < 4.78 is 33.5. The van der Waals surface area contributed by atoms with Crippen LogP contribution in [0.2, 0.25) is 5.15 Å². The Hall–Kier alpha value is -0.830. The van der Waals surface area contributed by atoms with Crippen molar-refractivity contribution < 1.29 is 13.2 Å². The molecule has 0 saturated carbocycles. The maximum Gasteiger partial charge on any atom is 0.265 e. The van der Waals surface area contributed by atoms with Gasteiger partial charge in [0.05, 0.1) is 23.5 Å². The molecule has 5 nitrogen and oxygen atoms in total. The molecule has 0 saturated heterocycles. The number of rotatable bonds is 4. The first-order valence-electron chi connectivity index (χ1n) is 5.51. The molecular formula is C12H9Br2ClN2O3S. The monoisotopic (exact) mass is 454 g/mol. The summed E-state index contributed by atoms with van der Waals surface area (Å²) in [4.78, 5) is 3.89. The highest BCUT2D eigenvalue weighted by Crippen LogP contribution is 2.30. The van der Waals surface area contributed by atoms with Gasteiger partial charge in [0.2, 0.25) is 0 Å². The smallest absolute Gasteiger partial charge is 0.265 e. The number of anilines is 1. The van der Waals surface area contributed by atoms with Crippen LogP contribution in [0, 0.1) is 0 Å². The molecule has 1 aromatic carbocycles. The molecule has 0 bridgehead atoms. The van der Waals surface area contributed by atoms with E-state index >= 15 is 0 Å². The van der Waals surface area contributed by atoms with Gasteiger partial charge in [0.15, 0.2) is 0 Å². The van der Waals surface area contributed by atoms with Gasteiger partial charge in [0.25, 0.3) is 10.0 Å². The lowest BCUT2D eigenvalue weighted by atomic mass is 10.3. The molecule has 0 unspecified atom stereocenters. The number of nitrogens with zero attached hydrogens (tertiary/aromatic N) is 1. The van der Waals surface area contributed by atoms with E-state index < -0.39 is 10.0 Å². The lowest BCUT2D eigenvalue weighted by Gasteiger charge is -2.12. The van der Waals surface area contributed by atoms with Gasteiger partial charge < -0.3 is 4.74 Å². The molecule has 0 atom stereocenters. The summed E-state index contributed by atoms with van der Waals surface area (Å²) >= 11 is 12.2. The molecule has 0 fully saturated rings. The molecule has 21 heavy (non-hydrogen) atoms. The van der Waals surface area contributed by atoms with Crippen LogP contribution < -0.4 is 9.46 Å². The zero-order valence-corrected chi connectivity index (χ0v) is 15.3. The van der Waals surface area contributed by atoms with E-state index in [1.807, 2.05) is 0 Å². The largest absolute Gasteiger partial charge is 0.495 e. The van der Waals surface area contributed by atoms with E-state index in [2.05, 4.69) is 41.6 Å². The molecule has 9 heteroatoms. The minimum atomic E-state index is -3.82. The van der Waals surface area contributed by atoms with E-state index in [1.54, 1.807) is 12.1 Å². The highest BCUT2D eigenvalue weighted by molar-refractivity contribution is 9.10. The standard InChI is InChI=1S/C12H9Br2ClN2O3S/c1-20-10-3-2-7(13)4-11(10)21(18,19)17-8-5-9(14)12(15)16-6-8/h2-6,17H,1H3. The van der Waals surface area contributed by atoms with E-state index in [0.29, 0.717) is 8.95 Å². The number of ether oxygens (including phenoxy) is 1. The highest BCUT2D eigenvalue weighted by atomic mass is 79.9. The van der Waals surface area contributed by atoms with Gasteiger partial charge >= 0.3 is 0 Å². The van der Waals surface area contributed by atoms with E-state index in [1.165, 1.54) is 25.4 Å². The minimum Gasteiger partial charge on any atom is -0.495 e. The molecular weight excluding hydrogens is 447 g/mol. The fourth-order valence-corrected chi connectivity index (χ4v) is 3.74. The van der Waals surface area contributed by atoms with Gasteiger partial charge in [-0.2, -0.15) is 0 Å². The summed E-state index contributed by atoms with van der Waals surface area (Å²) in [7, 11) is -2.41. The number of hydrogen-bond acceptors (Lipinski definition) is 4. The van der Waals surface area contributed by atoms with Crippen LogP contribution in [-0.2, 0) is 10.0 Å². The van der Waals surface area contributed by atoms with Gasteiger partial charge in [-0.25, -0.2) is 13.4 Å². The summed E-state index contributed by atoms with van der Waals surface area (Å²) in [5, 5.41) is 0.248. The van der Waals surface area contributed by atoms with E-state index in [-0.39, 0.29) is 21.5 Å². The quantitative estimate of drug-likeness (QED) is 0.705. The van der Waals surface area contributed by atoms with Crippen LogP contribution >= 0.6 is 43.5 Å². The predicted octanol–water partition coefficient (Wildman–Crippen LogP) is 4.07. The zero-order chi connectivity index (χ0) is 15.6. The Bertz CT molecular complexity index is 784. The molecule has 1 heterocycles. The molecule has 1 N–H and O–H groups in total. The number of hydrogen-bond donors (Lipinski definition) is 1. The van der Waals surface area contributed by atoms with Gasteiger partial charge in [0.1, 0.15) is 15.8 Å². The molecule has 2 aromatic rings. The van der Waals surface area contributed by atoms with Gasteiger partial charge in [-0.3, -0.25) is 4.72 Å². The topological polar surface area (TPSA) is 68.3 Å². The second kappa shape index (κ2) is 6.51. The van der Waals surface area contributed by atoms with Crippen molar-refractivity contribution in [2.75, 3.05) is 11.8 Å². The Kier molecular flexibility index (Phi) is 5.13. The SMILES string of the molecule is COc1ccc(Br)cc1S(=O)(=O)Nc1cnc(Cl)c(Br)c1. The summed E-state index contributed by atoms with van der Waals surface area (Å²) in [6.07, 6.45) is 1.33. The Balaban J connectivity index is 2.42. The first-order chi connectivity index (χ1) is 9.83. The average Bonchev–Trinajstić information content (AvgIpc) is 2.42. The number of halogens is 3. The molecule has 0 spiro atoms. The Morgan fingerprint density at radius 2 is 2.00 bits per heavy atom. The lowest BCUT2D eigenvalue weighted by molar-refractivity contribution is 0.403. The summed E-state index contributed by atoms with van der Waals surface area (Å²) in [5.41, 5.74) is 0.285. The van der Waals surface area contributed by atoms with E-state index in [9.17, 15) is 8.42 Å². The fourth-order valence-electron chi connectivity index (χ4n) is 1.55. The molecule has 0 aliphatic rings. The van der Waals surface area contributed by atoms with Crippen molar-refractivity contribution in [3.05, 3.63) is 44.6 Å². The number of nitrogens with one attached hydrogen (secondary N) is 1. The molecule has 0 radical (unpaired) electrons. The van der Waals surface area contributed by atoms with Gasteiger partial charge in [-0.15, -0.1) is 0 Å². The third-order valence-corrected chi connectivity index (χ3v) is 5.49. The van der Waals surface area contributed by atoms with Gasteiger partial charge in [-0.1, -0.05) is 27.5 Å². The Morgan fingerprint density at radius 3 is 2.62 bits per heavy atom. The number of pyridine rings is 1. The summed E-state index contributed by atoms with van der Waals surface area (Å²) in [6, 6.07) is 6.24. The van der Waals surface area contributed by atoms with Crippen LogP contribution in [0.3, 0.4) is 0 Å². The highest BCUT2D eigenvalue weighted by Gasteiger charge is 2.20. The third-order valence-electron chi connectivity index (χ3n) is 2.46. The first kappa shape index (κ1) is 16.5. The van der Waals surface area contributed by atoms with Crippen LogP contribution in [0.5, 0.6) is 5.75 Å². The van der Waals surface area contributed by atoms with Crippen LogP contribution in [-0.4, -0.2) is 20.5 Å². The van der Waals surface area contributed by atoms with Gasteiger partial charge in [0, 0.05) is 4.47 Å². The number of sulfonamides is 1. The molecule has 112 valence electrons. The second-order valence-corrected chi connectivity index (χ2v) is 7.68. The fraction of sp³-hybridized carbons (Fsp3) is 0.0833. The Labute approximate surface area is 144 Å². The van der Waals surface area contributed by atoms with Crippen LogP contribution in [0.15, 0.2) is 44.3 Å². The molecule has 2 rings (SSSR count). The van der Waals surface area contributed by atoms with Crippen molar-refractivity contribution in [2.45, 2.75) is 4.90 Å². The second-order valence-electron chi connectivity index (χ2n) is 3.90. The normalized spacial score (nSPS) is 11.2. The molecule has 0 aliphatic carbocycles. The first-order valence-corrected chi connectivity index (χ1v) is 8.95. The molecule has 0 aliphatic heterocycles. The van der Waals surface area contributed by atoms with Crippen molar-refractivity contribution in [3.63, 3.8) is 0 Å². The van der Waals surface area contributed by atoms with Crippen LogP contribution in [0.4, 0.5) is 5.69 Å². The van der Waals surface area contributed by atoms with E-state index in [4.69, 9.17) is 16.3 Å². The maximum absolute atomic E-state index is 12.4. The zero-order valence-electron chi connectivity index (χ0n) is 10.6. The predicted molar refractivity (Wildman–Crippen MR) is 88.4 cm³/mol. The summed E-state index contributed by atoms with van der Waals surface area (Å²) in [6.45, 7) is 0. The number of methoxy groups -OCH3 is 1. The average molecular weight is 457 g/mol. The van der Waals surface area contributed by atoms with Crippen molar-refractivity contribution in [2.24, 2.45) is 0 Å². The van der Waals surface area contributed by atoms with Crippen molar-refractivity contribution >= 4 is 59.2 Å². The lowest BCUT2D eigenvalue weighted by Crippen LogP contribution is -2.14. The third kappa shape index (κ3) is 3.88.